The summed E-state index contributed by atoms with van der Waals surface area (Å²) in [6.07, 6.45) is 1.82. The van der Waals surface area contributed by atoms with Gasteiger partial charge in [-0.1, -0.05) is 0 Å². The third-order valence-electron chi connectivity index (χ3n) is 2.29. The topological polar surface area (TPSA) is 124 Å². The molecule has 1 aliphatic rings. The second kappa shape index (κ2) is 5.92. The Labute approximate surface area is 102 Å². The monoisotopic (exact) mass is 256 g/mol. The molecule has 0 aromatic rings. The summed E-state index contributed by atoms with van der Waals surface area (Å²) in [6, 6.07) is -1.34. The molecule has 1 atom stereocenters. The van der Waals surface area contributed by atoms with E-state index in [9.17, 15) is 19.2 Å². The molecule has 1 unspecified atom stereocenters. The average Bonchev–Trinajstić information content (AvgIpc) is 2.59. The number of nitrogens with zero attached hydrogens (tertiary/aromatic N) is 1. The summed E-state index contributed by atoms with van der Waals surface area (Å²) in [7, 11) is 0. The van der Waals surface area contributed by atoms with Gasteiger partial charge in [0.2, 0.25) is 0 Å². The fourth-order valence-corrected chi connectivity index (χ4v) is 1.44. The van der Waals surface area contributed by atoms with Crippen molar-refractivity contribution < 1.29 is 29.4 Å². The van der Waals surface area contributed by atoms with Gasteiger partial charge < -0.3 is 15.5 Å². The minimum Gasteiger partial charge on any atom is -0.481 e. The van der Waals surface area contributed by atoms with E-state index in [0.29, 0.717) is 4.90 Å². The summed E-state index contributed by atoms with van der Waals surface area (Å²) in [4.78, 5) is 44.5. The van der Waals surface area contributed by atoms with Crippen molar-refractivity contribution in [3.63, 3.8) is 0 Å². The predicted octanol–water partition coefficient (Wildman–Crippen LogP) is -1.57. The van der Waals surface area contributed by atoms with Crippen LogP contribution in [-0.4, -0.2) is 58.0 Å². The van der Waals surface area contributed by atoms with Crippen LogP contribution in [0.1, 0.15) is 6.42 Å². The summed E-state index contributed by atoms with van der Waals surface area (Å²) in [5.74, 6) is -3.73. The molecule has 8 heteroatoms. The van der Waals surface area contributed by atoms with Crippen LogP contribution < -0.4 is 5.32 Å². The fraction of sp³-hybridized carbons (Fsp3) is 0.400. The van der Waals surface area contributed by atoms with Gasteiger partial charge in [-0.05, 0) is 0 Å². The van der Waals surface area contributed by atoms with Crippen LogP contribution in [0.4, 0.5) is 0 Å². The Morgan fingerprint density at radius 1 is 1.22 bits per heavy atom. The lowest BCUT2D eigenvalue weighted by Crippen LogP contribution is -2.50. The highest BCUT2D eigenvalue weighted by atomic mass is 16.4. The molecule has 0 aromatic heterocycles. The van der Waals surface area contributed by atoms with Crippen LogP contribution >= 0.6 is 0 Å². The smallest absolute Gasteiger partial charge is 0.328 e. The number of carboxylic acids is 2. The molecule has 0 aliphatic carbocycles. The van der Waals surface area contributed by atoms with Gasteiger partial charge in [0.05, 0.1) is 6.42 Å². The highest BCUT2D eigenvalue weighted by molar-refractivity contribution is 6.14. The van der Waals surface area contributed by atoms with E-state index < -0.39 is 29.8 Å². The van der Waals surface area contributed by atoms with Gasteiger partial charge in [0.1, 0.15) is 6.04 Å². The minimum atomic E-state index is -1.34. The Morgan fingerprint density at radius 2 is 1.78 bits per heavy atom. The lowest BCUT2D eigenvalue weighted by atomic mass is 10.2. The molecule has 0 aromatic carbocycles. The largest absolute Gasteiger partial charge is 0.481 e. The number of carbonyl (C=O) groups is 4. The van der Waals surface area contributed by atoms with Crippen molar-refractivity contribution in [3.05, 3.63) is 12.2 Å². The Balaban J connectivity index is 2.56. The van der Waals surface area contributed by atoms with Crippen molar-refractivity contribution in [1.29, 1.82) is 0 Å². The van der Waals surface area contributed by atoms with Crippen molar-refractivity contribution in [2.45, 2.75) is 12.5 Å². The number of aliphatic carboxylic acids is 2. The van der Waals surface area contributed by atoms with Crippen LogP contribution in [0.3, 0.4) is 0 Å². The Morgan fingerprint density at radius 3 is 2.22 bits per heavy atom. The van der Waals surface area contributed by atoms with E-state index in [4.69, 9.17) is 10.2 Å². The zero-order chi connectivity index (χ0) is 13.7. The number of carboxylic acid groups (broad SMARTS) is 2. The second-order valence-electron chi connectivity index (χ2n) is 3.58. The quantitative estimate of drug-likeness (QED) is 0.371. The zero-order valence-electron chi connectivity index (χ0n) is 9.33. The highest BCUT2D eigenvalue weighted by Crippen LogP contribution is 2.09. The standard InChI is InChI=1S/C10H12N2O6/c13-7-1-2-8(14)12(7)6(10(17)18)5-11-4-3-9(15)16/h1-2,6,11H,3-5H2,(H,15,16)(H,17,18). The number of carbonyl (C=O) groups excluding carboxylic acids is 2. The van der Waals surface area contributed by atoms with Crippen LogP contribution in [0.15, 0.2) is 12.2 Å². The molecule has 0 bridgehead atoms. The molecule has 18 heavy (non-hydrogen) atoms. The number of hydrogen-bond donors (Lipinski definition) is 3. The highest BCUT2D eigenvalue weighted by Gasteiger charge is 2.35. The fourth-order valence-electron chi connectivity index (χ4n) is 1.44. The van der Waals surface area contributed by atoms with Crippen LogP contribution in [0.25, 0.3) is 0 Å². The van der Waals surface area contributed by atoms with E-state index in [2.05, 4.69) is 5.32 Å². The van der Waals surface area contributed by atoms with Crippen molar-refractivity contribution in [3.8, 4) is 0 Å². The van der Waals surface area contributed by atoms with Crippen molar-refractivity contribution in [2.24, 2.45) is 0 Å². The molecule has 0 fully saturated rings. The van der Waals surface area contributed by atoms with Crippen LogP contribution in [0, 0.1) is 0 Å². The van der Waals surface area contributed by atoms with E-state index in [1.54, 1.807) is 0 Å². The molecule has 0 saturated carbocycles. The molecule has 3 N–H and O–H groups in total. The van der Waals surface area contributed by atoms with Crippen LogP contribution in [-0.2, 0) is 19.2 Å². The van der Waals surface area contributed by atoms with Crippen LogP contribution in [0.5, 0.6) is 0 Å². The summed E-state index contributed by atoms with van der Waals surface area (Å²) < 4.78 is 0. The molecular weight excluding hydrogens is 244 g/mol. The van der Waals surface area contributed by atoms with Gasteiger partial charge in [-0.25, -0.2) is 4.79 Å². The van der Waals surface area contributed by atoms with Gasteiger partial charge in [0, 0.05) is 25.2 Å². The third kappa shape index (κ3) is 3.39. The maximum atomic E-state index is 11.3. The number of amides is 2. The predicted molar refractivity (Wildman–Crippen MR) is 57.5 cm³/mol. The lowest BCUT2D eigenvalue weighted by molar-refractivity contribution is -0.153. The maximum absolute atomic E-state index is 11.3. The minimum absolute atomic E-state index is 0.0583. The first-order valence-electron chi connectivity index (χ1n) is 5.14. The van der Waals surface area contributed by atoms with Crippen molar-refractivity contribution >= 4 is 23.8 Å². The molecule has 0 spiro atoms. The number of hydrogen-bond acceptors (Lipinski definition) is 5. The Kier molecular flexibility index (Phi) is 4.55. The Hall–Kier alpha value is -2.22. The summed E-state index contributed by atoms with van der Waals surface area (Å²) in [5.41, 5.74) is 0. The summed E-state index contributed by atoms with van der Waals surface area (Å²) in [5, 5.41) is 19.9. The second-order valence-corrected chi connectivity index (χ2v) is 3.58. The Bertz CT molecular complexity index is 399. The zero-order valence-corrected chi connectivity index (χ0v) is 9.33. The van der Waals surface area contributed by atoms with Gasteiger partial charge >= 0.3 is 11.9 Å². The first-order valence-corrected chi connectivity index (χ1v) is 5.14. The van der Waals surface area contributed by atoms with E-state index in [-0.39, 0.29) is 19.5 Å². The SMILES string of the molecule is O=C(O)CCNCC(C(=O)O)N1C(=O)C=CC1=O. The maximum Gasteiger partial charge on any atom is 0.328 e. The van der Waals surface area contributed by atoms with Gasteiger partial charge in [-0.15, -0.1) is 0 Å². The molecule has 98 valence electrons. The molecule has 8 nitrogen and oxygen atoms in total. The lowest BCUT2D eigenvalue weighted by Gasteiger charge is -2.22. The van der Waals surface area contributed by atoms with E-state index in [1.807, 2.05) is 0 Å². The first kappa shape index (κ1) is 13.8. The molecule has 2 amide bonds. The van der Waals surface area contributed by atoms with Gasteiger partial charge in [0.15, 0.2) is 0 Å². The van der Waals surface area contributed by atoms with Gasteiger partial charge in [-0.3, -0.25) is 19.3 Å². The van der Waals surface area contributed by atoms with Gasteiger partial charge in [-0.2, -0.15) is 0 Å². The average molecular weight is 256 g/mol. The van der Waals surface area contributed by atoms with Gasteiger partial charge in [0.25, 0.3) is 11.8 Å². The third-order valence-corrected chi connectivity index (χ3v) is 2.29. The van der Waals surface area contributed by atoms with Crippen LogP contribution in [0.2, 0.25) is 0 Å². The van der Waals surface area contributed by atoms with Crippen molar-refractivity contribution in [2.75, 3.05) is 13.1 Å². The molecule has 1 heterocycles. The van der Waals surface area contributed by atoms with E-state index >= 15 is 0 Å². The summed E-state index contributed by atoms with van der Waals surface area (Å²) >= 11 is 0. The molecule has 1 aliphatic heterocycles. The number of nitrogens with one attached hydrogen (secondary N) is 1. The molecule has 0 saturated heterocycles. The number of rotatable bonds is 7. The first-order chi connectivity index (χ1) is 8.43. The molecule has 0 radical (unpaired) electrons. The summed E-state index contributed by atoms with van der Waals surface area (Å²) in [6.45, 7) is -0.134. The normalized spacial score (nSPS) is 16.1. The number of imide groups is 1. The molecule has 1 rings (SSSR count). The molecular formula is C10H12N2O6. The van der Waals surface area contributed by atoms with Crippen molar-refractivity contribution in [1.82, 2.24) is 10.2 Å². The van der Waals surface area contributed by atoms with E-state index in [0.717, 1.165) is 12.2 Å². The van der Waals surface area contributed by atoms with E-state index in [1.165, 1.54) is 0 Å².